The molecule has 0 radical (unpaired) electrons. The van der Waals surface area contributed by atoms with Crippen molar-refractivity contribution in [2.24, 2.45) is 0 Å². The second-order valence-electron chi connectivity index (χ2n) is 5.40. The molecule has 1 fully saturated rings. The molecule has 1 unspecified atom stereocenters. The Bertz CT molecular complexity index is 619. The maximum absolute atomic E-state index is 13.2. The number of hydroxylamine groups is 1. The Kier molecular flexibility index (Phi) is 5.26. The summed E-state index contributed by atoms with van der Waals surface area (Å²) in [6.07, 6.45) is -3.02. The maximum Gasteiger partial charge on any atom is 0.416 e. The molecule has 1 saturated heterocycles. The lowest BCUT2D eigenvalue weighted by Crippen LogP contribution is -2.57. The monoisotopic (exact) mass is 346 g/mol. The molecule has 0 spiro atoms. The molecule has 1 aliphatic heterocycles. The van der Waals surface area contributed by atoms with Crippen LogP contribution in [0.3, 0.4) is 0 Å². The normalized spacial score (nSPS) is 17.6. The van der Waals surface area contributed by atoms with Gasteiger partial charge in [0.25, 0.3) is 5.91 Å². The Labute approximate surface area is 137 Å². The molecule has 1 amide bonds. The molecular weight excluding hydrogens is 329 g/mol. The number of alkyl halides is 3. The number of rotatable bonds is 4. The molecule has 8 heteroatoms. The van der Waals surface area contributed by atoms with Crippen molar-refractivity contribution in [3.8, 4) is 0 Å². The van der Waals surface area contributed by atoms with Crippen molar-refractivity contribution < 1.29 is 23.2 Å². The van der Waals surface area contributed by atoms with Crippen molar-refractivity contribution in [1.29, 1.82) is 0 Å². The van der Waals surface area contributed by atoms with Crippen molar-refractivity contribution in [1.82, 2.24) is 10.4 Å². The van der Waals surface area contributed by atoms with E-state index in [9.17, 15) is 18.0 Å². The van der Waals surface area contributed by atoms with Crippen LogP contribution in [0.5, 0.6) is 0 Å². The Morgan fingerprint density at radius 2 is 2.17 bits per heavy atom. The molecule has 1 aromatic rings. The molecule has 2 N–H and O–H groups in total. The second kappa shape index (κ2) is 6.84. The highest BCUT2D eigenvalue weighted by molar-refractivity contribution is 7.80. The zero-order chi connectivity index (χ0) is 17.2. The van der Waals surface area contributed by atoms with Gasteiger partial charge < -0.3 is 4.90 Å². The average molecular weight is 346 g/mol. The van der Waals surface area contributed by atoms with E-state index in [4.69, 9.17) is 17.4 Å². The van der Waals surface area contributed by atoms with E-state index >= 15 is 0 Å². The molecular formula is C15H17F3N2O2S. The fourth-order valence-corrected chi connectivity index (χ4v) is 2.95. The van der Waals surface area contributed by atoms with E-state index in [-0.39, 0.29) is 16.1 Å². The SMILES string of the molecule is CCCc1ccc(C(=S)N2CCC2C(=O)NO)cc1C(F)(F)F. The van der Waals surface area contributed by atoms with Crippen LogP contribution in [0.1, 0.15) is 36.5 Å². The van der Waals surface area contributed by atoms with Gasteiger partial charge in [-0.05, 0) is 24.5 Å². The van der Waals surface area contributed by atoms with Crippen LogP contribution < -0.4 is 5.48 Å². The van der Waals surface area contributed by atoms with E-state index in [1.165, 1.54) is 11.0 Å². The summed E-state index contributed by atoms with van der Waals surface area (Å²) in [5.41, 5.74) is 1.34. The molecule has 0 aliphatic carbocycles. The van der Waals surface area contributed by atoms with Crippen molar-refractivity contribution >= 4 is 23.1 Å². The highest BCUT2D eigenvalue weighted by Gasteiger charge is 2.37. The van der Waals surface area contributed by atoms with Crippen LogP contribution in [0, 0.1) is 0 Å². The number of nitrogens with zero attached hydrogens (tertiary/aromatic N) is 1. The lowest BCUT2D eigenvalue weighted by Gasteiger charge is -2.41. The van der Waals surface area contributed by atoms with Gasteiger partial charge in [-0.3, -0.25) is 10.0 Å². The number of aryl methyl sites for hydroxylation is 1. The minimum Gasteiger partial charge on any atom is -0.350 e. The average Bonchev–Trinajstić information content (AvgIpc) is 2.45. The molecule has 1 aliphatic rings. The van der Waals surface area contributed by atoms with Crippen molar-refractivity contribution in [3.63, 3.8) is 0 Å². The molecule has 1 atom stereocenters. The number of benzene rings is 1. The predicted octanol–water partition coefficient (Wildman–Crippen LogP) is 2.91. The van der Waals surface area contributed by atoms with Crippen LogP contribution in [-0.2, 0) is 17.4 Å². The van der Waals surface area contributed by atoms with E-state index in [0.29, 0.717) is 25.8 Å². The van der Waals surface area contributed by atoms with Gasteiger partial charge in [-0.25, -0.2) is 5.48 Å². The minimum absolute atomic E-state index is 0.179. The van der Waals surface area contributed by atoms with Gasteiger partial charge >= 0.3 is 6.18 Å². The summed E-state index contributed by atoms with van der Waals surface area (Å²) in [4.78, 5) is 13.2. The summed E-state index contributed by atoms with van der Waals surface area (Å²) >= 11 is 5.23. The Morgan fingerprint density at radius 3 is 2.65 bits per heavy atom. The number of likely N-dealkylation sites (tertiary alicyclic amines) is 1. The first-order valence-corrected chi connectivity index (χ1v) is 7.65. The number of amides is 1. The number of carbonyl (C=O) groups is 1. The molecule has 4 nitrogen and oxygen atoms in total. The standard InChI is InChI=1S/C15H17F3N2O2S/c1-2-3-9-4-5-10(8-11(9)15(16,17)18)14(23)20-7-6-12(20)13(21)19-22/h4-5,8,12,22H,2-3,6-7H2,1H3,(H,19,21). The number of thiocarbonyl (C=S) groups is 1. The van der Waals surface area contributed by atoms with Crippen LogP contribution in [0.4, 0.5) is 13.2 Å². The summed E-state index contributed by atoms with van der Waals surface area (Å²) < 4.78 is 39.7. The highest BCUT2D eigenvalue weighted by Crippen LogP contribution is 2.34. The summed E-state index contributed by atoms with van der Waals surface area (Å²) in [6, 6.07) is 3.39. The van der Waals surface area contributed by atoms with Crippen molar-refractivity contribution in [3.05, 3.63) is 34.9 Å². The number of hydrogen-bond donors (Lipinski definition) is 2. The van der Waals surface area contributed by atoms with Crippen LogP contribution in [0.2, 0.25) is 0 Å². The third-order valence-corrected chi connectivity index (χ3v) is 4.35. The zero-order valence-corrected chi connectivity index (χ0v) is 13.3. The molecule has 2 rings (SSSR count). The lowest BCUT2D eigenvalue weighted by atomic mass is 9.97. The van der Waals surface area contributed by atoms with Crippen molar-refractivity contribution in [2.45, 2.75) is 38.4 Å². The number of hydrogen-bond acceptors (Lipinski definition) is 3. The van der Waals surface area contributed by atoms with Crippen LogP contribution in [0.25, 0.3) is 0 Å². The molecule has 1 heterocycles. The van der Waals surface area contributed by atoms with E-state index in [1.54, 1.807) is 11.5 Å². The van der Waals surface area contributed by atoms with Gasteiger partial charge in [-0.15, -0.1) is 0 Å². The van der Waals surface area contributed by atoms with Crippen LogP contribution in [0.15, 0.2) is 18.2 Å². The lowest BCUT2D eigenvalue weighted by molar-refractivity contribution is -0.138. The number of halogens is 3. The first-order chi connectivity index (χ1) is 10.8. The molecule has 1 aromatic carbocycles. The van der Waals surface area contributed by atoms with Gasteiger partial charge in [0.15, 0.2) is 0 Å². The van der Waals surface area contributed by atoms with E-state index < -0.39 is 23.7 Å². The largest absolute Gasteiger partial charge is 0.416 e. The third-order valence-electron chi connectivity index (χ3n) is 3.87. The molecule has 0 aromatic heterocycles. The first kappa shape index (κ1) is 17.7. The zero-order valence-electron chi connectivity index (χ0n) is 12.5. The summed E-state index contributed by atoms with van der Waals surface area (Å²) in [5.74, 6) is -0.614. The van der Waals surface area contributed by atoms with Gasteiger partial charge in [-0.1, -0.05) is 37.7 Å². The molecule has 0 saturated carbocycles. The van der Waals surface area contributed by atoms with E-state index in [2.05, 4.69) is 0 Å². The molecule has 23 heavy (non-hydrogen) atoms. The Morgan fingerprint density at radius 1 is 1.48 bits per heavy atom. The fourth-order valence-electron chi connectivity index (χ4n) is 2.60. The highest BCUT2D eigenvalue weighted by atomic mass is 32.1. The van der Waals surface area contributed by atoms with Crippen molar-refractivity contribution in [2.75, 3.05) is 6.54 Å². The minimum atomic E-state index is -4.45. The van der Waals surface area contributed by atoms with Crippen LogP contribution in [-0.4, -0.2) is 33.6 Å². The van der Waals surface area contributed by atoms with Gasteiger partial charge in [0, 0.05) is 12.1 Å². The summed E-state index contributed by atoms with van der Waals surface area (Å²) in [7, 11) is 0. The van der Waals surface area contributed by atoms with Gasteiger partial charge in [-0.2, -0.15) is 13.2 Å². The maximum atomic E-state index is 13.2. The third kappa shape index (κ3) is 3.64. The van der Waals surface area contributed by atoms with Gasteiger partial charge in [0.1, 0.15) is 11.0 Å². The Balaban J connectivity index is 2.30. The molecule has 0 bridgehead atoms. The summed E-state index contributed by atoms with van der Waals surface area (Å²) in [5, 5.41) is 8.67. The topological polar surface area (TPSA) is 52.6 Å². The van der Waals surface area contributed by atoms with Gasteiger partial charge in [0.2, 0.25) is 0 Å². The fraction of sp³-hybridized carbons (Fsp3) is 0.467. The smallest absolute Gasteiger partial charge is 0.350 e. The van der Waals surface area contributed by atoms with E-state index in [1.807, 2.05) is 6.92 Å². The predicted molar refractivity (Wildman–Crippen MR) is 82.2 cm³/mol. The summed E-state index contributed by atoms with van der Waals surface area (Å²) in [6.45, 7) is 2.28. The quantitative estimate of drug-likeness (QED) is 0.500. The number of nitrogens with one attached hydrogen (secondary N) is 1. The first-order valence-electron chi connectivity index (χ1n) is 7.24. The Hall–Kier alpha value is -1.67. The van der Waals surface area contributed by atoms with Gasteiger partial charge in [0.05, 0.1) is 5.56 Å². The van der Waals surface area contributed by atoms with Crippen LogP contribution >= 0.6 is 12.2 Å². The second-order valence-corrected chi connectivity index (χ2v) is 5.79. The number of carbonyl (C=O) groups excluding carboxylic acids is 1. The molecule has 126 valence electrons. The van der Waals surface area contributed by atoms with E-state index in [0.717, 1.165) is 6.07 Å².